The molecule has 4 aliphatic rings. The number of hydrogen-bond donors (Lipinski definition) is 2. The van der Waals surface area contributed by atoms with Crippen LogP contribution in [-0.2, 0) is 22.7 Å². The van der Waals surface area contributed by atoms with E-state index < -0.39 is 11.1 Å². The second-order valence-corrected chi connectivity index (χ2v) is 10.7. The van der Waals surface area contributed by atoms with Crippen molar-refractivity contribution in [1.82, 2.24) is 20.4 Å². The first-order valence-corrected chi connectivity index (χ1v) is 12.6. The summed E-state index contributed by atoms with van der Waals surface area (Å²) in [5, 5.41) is 5.98. The maximum absolute atomic E-state index is 13.2. The normalized spacial score (nSPS) is 33.7. The Hall–Kier alpha value is -2.90. The number of nitrogens with one attached hydrogen (secondary N) is 2. The summed E-state index contributed by atoms with van der Waals surface area (Å²) in [6.07, 6.45) is 7.34. The van der Waals surface area contributed by atoms with E-state index in [1.807, 2.05) is 38.1 Å². The van der Waals surface area contributed by atoms with E-state index in [0.29, 0.717) is 12.8 Å². The van der Waals surface area contributed by atoms with Gasteiger partial charge in [0.2, 0.25) is 0 Å². The van der Waals surface area contributed by atoms with E-state index in [4.69, 9.17) is 0 Å². The van der Waals surface area contributed by atoms with Crippen LogP contribution in [0.25, 0.3) is 0 Å². The number of amides is 6. The lowest BCUT2D eigenvalue weighted by Gasteiger charge is -2.36. The summed E-state index contributed by atoms with van der Waals surface area (Å²) in [6, 6.07) is 6.81. The quantitative estimate of drug-likeness (QED) is 0.661. The van der Waals surface area contributed by atoms with E-state index in [9.17, 15) is 19.2 Å². The van der Waals surface area contributed by atoms with Crippen molar-refractivity contribution in [3.05, 3.63) is 35.4 Å². The number of imide groups is 2. The zero-order chi connectivity index (χ0) is 24.1. The molecule has 0 bridgehead atoms. The SMILES string of the molecule is C[C@@H]1CCCC[C@@]12NC(=O)N(Cc1ccc(CN3C(=O)N[C@]4(CCCC[C@H]4C)C3=O)cc1)C2=O. The van der Waals surface area contributed by atoms with Gasteiger partial charge in [0.1, 0.15) is 11.1 Å². The average molecular weight is 467 g/mol. The summed E-state index contributed by atoms with van der Waals surface area (Å²) >= 11 is 0. The van der Waals surface area contributed by atoms with Gasteiger partial charge in [-0.05, 0) is 48.6 Å². The molecule has 2 saturated heterocycles. The molecule has 182 valence electrons. The molecule has 2 saturated carbocycles. The van der Waals surface area contributed by atoms with Gasteiger partial charge in [0, 0.05) is 0 Å². The second kappa shape index (κ2) is 8.40. The predicted octanol–water partition coefficient (Wildman–Crippen LogP) is 3.69. The van der Waals surface area contributed by atoms with E-state index >= 15 is 0 Å². The van der Waals surface area contributed by atoms with Gasteiger partial charge in [-0.15, -0.1) is 0 Å². The molecule has 5 rings (SSSR count). The van der Waals surface area contributed by atoms with Gasteiger partial charge in [-0.25, -0.2) is 9.59 Å². The van der Waals surface area contributed by atoms with E-state index in [1.54, 1.807) is 0 Å². The molecule has 0 aromatic heterocycles. The van der Waals surface area contributed by atoms with Crippen molar-refractivity contribution in [2.75, 3.05) is 0 Å². The van der Waals surface area contributed by atoms with Crippen LogP contribution in [0, 0.1) is 11.8 Å². The van der Waals surface area contributed by atoms with Gasteiger partial charge in [0.15, 0.2) is 0 Å². The average Bonchev–Trinajstić information content (AvgIpc) is 3.20. The topological polar surface area (TPSA) is 98.8 Å². The minimum atomic E-state index is -0.759. The highest BCUT2D eigenvalue weighted by molar-refractivity contribution is 6.08. The van der Waals surface area contributed by atoms with Gasteiger partial charge in [-0.1, -0.05) is 63.8 Å². The summed E-state index contributed by atoms with van der Waals surface area (Å²) in [4.78, 5) is 54.4. The molecule has 4 atom stereocenters. The first-order valence-electron chi connectivity index (χ1n) is 12.6. The molecule has 4 fully saturated rings. The minimum Gasteiger partial charge on any atom is -0.323 e. The van der Waals surface area contributed by atoms with Gasteiger partial charge in [0.25, 0.3) is 11.8 Å². The highest BCUT2D eigenvalue weighted by atomic mass is 16.2. The maximum atomic E-state index is 13.2. The van der Waals surface area contributed by atoms with Crippen LogP contribution in [0.5, 0.6) is 0 Å². The third-order valence-electron chi connectivity index (χ3n) is 8.71. The number of carbonyl (C=O) groups is 4. The molecule has 1 aromatic carbocycles. The molecular weight excluding hydrogens is 432 g/mol. The summed E-state index contributed by atoms with van der Waals surface area (Å²) in [5.41, 5.74) is 0.153. The van der Waals surface area contributed by atoms with Gasteiger partial charge >= 0.3 is 12.1 Å². The maximum Gasteiger partial charge on any atom is 0.325 e. The molecule has 2 spiro atoms. The lowest BCUT2D eigenvalue weighted by atomic mass is 9.73. The van der Waals surface area contributed by atoms with Crippen molar-refractivity contribution in [3.63, 3.8) is 0 Å². The summed E-state index contributed by atoms with van der Waals surface area (Å²) in [6.45, 7) is 4.51. The number of hydrogen-bond acceptors (Lipinski definition) is 4. The van der Waals surface area contributed by atoms with Crippen molar-refractivity contribution in [2.24, 2.45) is 11.8 Å². The molecule has 2 heterocycles. The molecule has 8 nitrogen and oxygen atoms in total. The van der Waals surface area contributed by atoms with Crippen molar-refractivity contribution in [2.45, 2.75) is 89.4 Å². The molecule has 6 amide bonds. The fraction of sp³-hybridized carbons (Fsp3) is 0.615. The Kier molecular flexibility index (Phi) is 5.65. The second-order valence-electron chi connectivity index (χ2n) is 10.7. The third-order valence-corrected chi connectivity index (χ3v) is 8.71. The fourth-order valence-electron chi connectivity index (χ4n) is 6.39. The Morgan fingerprint density at radius 1 is 0.706 bits per heavy atom. The molecule has 8 heteroatoms. The molecule has 0 radical (unpaired) electrons. The number of urea groups is 2. The highest BCUT2D eigenvalue weighted by Crippen LogP contribution is 2.40. The Labute approximate surface area is 200 Å². The Balaban J connectivity index is 1.26. The van der Waals surface area contributed by atoms with Crippen LogP contribution in [0.15, 0.2) is 24.3 Å². The van der Waals surface area contributed by atoms with E-state index in [2.05, 4.69) is 10.6 Å². The highest BCUT2D eigenvalue weighted by Gasteiger charge is 2.55. The molecular formula is C26H34N4O4. The molecule has 34 heavy (non-hydrogen) atoms. The fourth-order valence-corrected chi connectivity index (χ4v) is 6.39. The number of rotatable bonds is 4. The molecule has 2 aliphatic heterocycles. The van der Waals surface area contributed by atoms with E-state index in [1.165, 1.54) is 9.80 Å². The van der Waals surface area contributed by atoms with Crippen LogP contribution >= 0.6 is 0 Å². The Morgan fingerprint density at radius 2 is 1.09 bits per heavy atom. The molecule has 2 aliphatic carbocycles. The largest absolute Gasteiger partial charge is 0.325 e. The lowest BCUT2D eigenvalue weighted by molar-refractivity contribution is -0.135. The van der Waals surface area contributed by atoms with Crippen LogP contribution in [0.3, 0.4) is 0 Å². The van der Waals surface area contributed by atoms with E-state index in [-0.39, 0.29) is 48.8 Å². The van der Waals surface area contributed by atoms with Gasteiger partial charge < -0.3 is 10.6 Å². The van der Waals surface area contributed by atoms with Gasteiger partial charge in [-0.2, -0.15) is 0 Å². The van der Waals surface area contributed by atoms with Gasteiger partial charge in [0.05, 0.1) is 13.1 Å². The zero-order valence-electron chi connectivity index (χ0n) is 20.1. The van der Waals surface area contributed by atoms with Crippen LogP contribution < -0.4 is 10.6 Å². The number of benzene rings is 1. The van der Waals surface area contributed by atoms with Crippen LogP contribution in [0.1, 0.15) is 76.3 Å². The smallest absolute Gasteiger partial charge is 0.323 e. The molecule has 0 unspecified atom stereocenters. The van der Waals surface area contributed by atoms with Crippen molar-refractivity contribution >= 4 is 23.9 Å². The van der Waals surface area contributed by atoms with Crippen molar-refractivity contribution < 1.29 is 19.2 Å². The summed E-state index contributed by atoms with van der Waals surface area (Å²) in [5.74, 6) is 0.00816. The first kappa shape index (κ1) is 22.9. The number of carbonyl (C=O) groups excluding carboxylic acids is 4. The Morgan fingerprint density at radius 3 is 1.44 bits per heavy atom. The first-order chi connectivity index (χ1) is 16.3. The minimum absolute atomic E-state index is 0.125. The van der Waals surface area contributed by atoms with Crippen LogP contribution in [0.2, 0.25) is 0 Å². The standard InChI is InChI=1S/C26H34N4O4/c1-17-7-3-5-13-25(17)21(31)29(23(33)27-25)15-19-9-11-20(12-10-19)16-30-22(32)26(28-24(30)34)14-6-4-8-18(26)2/h9-12,17-18H,3-8,13-16H2,1-2H3,(H,27,33)(H,28,34)/t17-,18-,25-,26+/m1/s1. The van der Waals surface area contributed by atoms with Crippen LogP contribution in [-0.4, -0.2) is 44.8 Å². The predicted molar refractivity (Wildman–Crippen MR) is 125 cm³/mol. The van der Waals surface area contributed by atoms with Gasteiger partial charge in [-0.3, -0.25) is 19.4 Å². The van der Waals surface area contributed by atoms with Crippen molar-refractivity contribution in [3.8, 4) is 0 Å². The number of nitrogens with zero attached hydrogens (tertiary/aromatic N) is 2. The molecule has 2 N–H and O–H groups in total. The monoisotopic (exact) mass is 466 g/mol. The van der Waals surface area contributed by atoms with E-state index in [0.717, 1.165) is 49.7 Å². The zero-order valence-corrected chi connectivity index (χ0v) is 20.1. The van der Waals surface area contributed by atoms with Crippen LogP contribution in [0.4, 0.5) is 9.59 Å². The lowest BCUT2D eigenvalue weighted by Crippen LogP contribution is -2.53. The summed E-state index contributed by atoms with van der Waals surface area (Å²) in [7, 11) is 0. The third kappa shape index (κ3) is 3.49. The molecule has 1 aromatic rings. The summed E-state index contributed by atoms with van der Waals surface area (Å²) < 4.78 is 0. The van der Waals surface area contributed by atoms with Crippen molar-refractivity contribution in [1.29, 1.82) is 0 Å². The Bertz CT molecular complexity index is 943.